The number of nitrogens with zero attached hydrogens (tertiary/aromatic N) is 3. The molecule has 0 bridgehead atoms. The van der Waals surface area contributed by atoms with Crippen molar-refractivity contribution in [1.29, 1.82) is 0 Å². The number of sulfonamides is 1. The van der Waals surface area contributed by atoms with E-state index in [1.165, 1.54) is 22.6 Å². The zero-order chi connectivity index (χ0) is 21.6. The summed E-state index contributed by atoms with van der Waals surface area (Å²) in [5, 5.41) is 0. The van der Waals surface area contributed by atoms with E-state index in [1.807, 2.05) is 0 Å². The third-order valence-corrected chi connectivity index (χ3v) is 7.18. The lowest BCUT2D eigenvalue weighted by Crippen LogP contribution is -2.47. The van der Waals surface area contributed by atoms with Gasteiger partial charge in [-0.3, -0.25) is 4.79 Å². The quantitative estimate of drug-likeness (QED) is 0.655. The first-order valence-electron chi connectivity index (χ1n) is 9.89. The molecule has 11 heteroatoms. The topological polar surface area (TPSA) is 115 Å². The van der Waals surface area contributed by atoms with Gasteiger partial charge in [-0.15, -0.1) is 0 Å². The highest BCUT2D eigenvalue weighted by molar-refractivity contribution is 7.89. The van der Waals surface area contributed by atoms with Crippen LogP contribution in [0.15, 0.2) is 35.1 Å². The molecule has 0 unspecified atom stereocenters. The number of aromatic nitrogens is 1. The molecule has 30 heavy (non-hydrogen) atoms. The Hall–Kier alpha value is -2.08. The summed E-state index contributed by atoms with van der Waals surface area (Å²) >= 11 is 0. The van der Waals surface area contributed by atoms with Crippen LogP contribution in [-0.4, -0.2) is 81.1 Å². The monoisotopic (exact) mass is 442 g/mol. The van der Waals surface area contributed by atoms with Gasteiger partial charge in [0.15, 0.2) is 0 Å². The summed E-state index contributed by atoms with van der Waals surface area (Å²) in [6.45, 7) is 2.79. The van der Waals surface area contributed by atoms with Crippen molar-refractivity contribution in [1.82, 2.24) is 14.2 Å². The first-order valence-corrected chi connectivity index (χ1v) is 11.3. The zero-order valence-corrected chi connectivity index (χ0v) is 17.5. The largest absolute Gasteiger partial charge is 0.473 e. The summed E-state index contributed by atoms with van der Waals surface area (Å²) < 4.78 is 50.3. The van der Waals surface area contributed by atoms with Crippen molar-refractivity contribution in [3.05, 3.63) is 30.2 Å². The second-order valence-electron chi connectivity index (χ2n) is 7.21. The molecular formula is C19H27FN4O5S. The van der Waals surface area contributed by atoms with Gasteiger partial charge in [0, 0.05) is 50.3 Å². The van der Waals surface area contributed by atoms with E-state index >= 15 is 0 Å². The number of morpholine rings is 1. The Balaban J connectivity index is 1.56. The highest BCUT2D eigenvalue weighted by Gasteiger charge is 2.34. The molecule has 1 amide bonds. The van der Waals surface area contributed by atoms with Crippen molar-refractivity contribution >= 4 is 15.9 Å². The number of amides is 1. The molecular weight excluding hydrogens is 415 g/mol. The molecule has 0 aromatic carbocycles. The maximum atomic E-state index is 12.9. The third kappa shape index (κ3) is 5.34. The summed E-state index contributed by atoms with van der Waals surface area (Å²) in [5.74, 6) is 0.0954. The smallest absolute Gasteiger partial charge is 0.244 e. The van der Waals surface area contributed by atoms with Gasteiger partial charge in [-0.2, -0.15) is 4.31 Å². The van der Waals surface area contributed by atoms with E-state index in [0.717, 1.165) is 0 Å². The van der Waals surface area contributed by atoms with Gasteiger partial charge in [0.05, 0.1) is 25.7 Å². The lowest BCUT2D eigenvalue weighted by Gasteiger charge is -2.35. The number of carbonyl (C=O) groups excluding carboxylic acids is 1. The molecule has 3 rings (SSSR count). The molecule has 3 heterocycles. The van der Waals surface area contributed by atoms with Gasteiger partial charge < -0.3 is 20.1 Å². The SMILES string of the molecule is NCC(=CF)COc1ccc(S(=O)(=O)N2CCC(C(=O)N3CCOCC3)CC2)cn1. The molecule has 1 aromatic rings. The molecule has 0 spiro atoms. The average Bonchev–Trinajstić information content (AvgIpc) is 2.80. The molecule has 0 aliphatic carbocycles. The van der Waals surface area contributed by atoms with Crippen molar-refractivity contribution in [2.24, 2.45) is 11.7 Å². The summed E-state index contributed by atoms with van der Waals surface area (Å²) in [5.41, 5.74) is 5.63. The van der Waals surface area contributed by atoms with E-state index in [4.69, 9.17) is 15.2 Å². The van der Waals surface area contributed by atoms with Gasteiger partial charge in [-0.05, 0) is 18.9 Å². The van der Waals surface area contributed by atoms with Crippen LogP contribution in [0.3, 0.4) is 0 Å². The molecule has 2 aliphatic heterocycles. The number of nitrogens with two attached hydrogens (primary N) is 1. The molecule has 2 N–H and O–H groups in total. The number of halogens is 1. The predicted molar refractivity (Wildman–Crippen MR) is 107 cm³/mol. The first kappa shape index (κ1) is 22.6. The number of rotatable bonds is 7. The highest BCUT2D eigenvalue weighted by atomic mass is 32.2. The minimum Gasteiger partial charge on any atom is -0.473 e. The van der Waals surface area contributed by atoms with E-state index in [0.29, 0.717) is 45.5 Å². The van der Waals surface area contributed by atoms with Gasteiger partial charge in [-0.25, -0.2) is 17.8 Å². The van der Waals surface area contributed by atoms with Crippen LogP contribution in [0.25, 0.3) is 0 Å². The van der Waals surface area contributed by atoms with Crippen molar-refractivity contribution in [3.8, 4) is 5.88 Å². The Bertz CT molecular complexity index is 848. The highest BCUT2D eigenvalue weighted by Crippen LogP contribution is 2.25. The van der Waals surface area contributed by atoms with Crippen LogP contribution in [0, 0.1) is 5.92 Å². The van der Waals surface area contributed by atoms with Crippen molar-refractivity contribution < 1.29 is 27.1 Å². The Labute approximate surface area is 175 Å². The molecule has 0 atom stereocenters. The third-order valence-electron chi connectivity index (χ3n) is 5.29. The Morgan fingerprint density at radius 3 is 2.53 bits per heavy atom. The van der Waals surface area contributed by atoms with Crippen LogP contribution in [0.5, 0.6) is 5.88 Å². The van der Waals surface area contributed by atoms with Crippen LogP contribution >= 0.6 is 0 Å². The number of hydrogen-bond acceptors (Lipinski definition) is 7. The Kier molecular flexibility index (Phi) is 7.75. The summed E-state index contributed by atoms with van der Waals surface area (Å²) in [6, 6.07) is 2.83. The maximum absolute atomic E-state index is 12.9. The van der Waals surface area contributed by atoms with Gasteiger partial charge in [0.25, 0.3) is 0 Å². The number of hydrogen-bond donors (Lipinski definition) is 1. The minimum atomic E-state index is -3.71. The molecule has 166 valence electrons. The summed E-state index contributed by atoms with van der Waals surface area (Å²) in [7, 11) is -3.71. The molecule has 0 radical (unpaired) electrons. The van der Waals surface area contributed by atoms with Crippen LogP contribution in [0.1, 0.15) is 12.8 Å². The summed E-state index contributed by atoms with van der Waals surface area (Å²) in [4.78, 5) is 18.5. The lowest BCUT2D eigenvalue weighted by atomic mass is 9.96. The predicted octanol–water partition coefficient (Wildman–Crippen LogP) is 0.532. The number of carbonyl (C=O) groups is 1. The standard InChI is InChI=1S/C19H27FN4O5S/c20-11-15(12-21)14-29-18-2-1-17(13-22-18)30(26,27)24-5-3-16(4-6-24)19(25)23-7-9-28-10-8-23/h1-2,11,13,16H,3-10,12,14,21H2. The van der Waals surface area contributed by atoms with Gasteiger partial charge in [0.1, 0.15) is 11.5 Å². The van der Waals surface area contributed by atoms with Crippen LogP contribution in [0.4, 0.5) is 4.39 Å². The van der Waals surface area contributed by atoms with E-state index in [1.54, 1.807) is 4.90 Å². The van der Waals surface area contributed by atoms with Gasteiger partial charge in [0.2, 0.25) is 21.8 Å². The Morgan fingerprint density at radius 1 is 1.27 bits per heavy atom. The van der Waals surface area contributed by atoms with E-state index in [9.17, 15) is 17.6 Å². The van der Waals surface area contributed by atoms with E-state index < -0.39 is 10.0 Å². The van der Waals surface area contributed by atoms with Crippen molar-refractivity contribution in [2.45, 2.75) is 17.7 Å². The molecule has 9 nitrogen and oxygen atoms in total. The number of pyridine rings is 1. The maximum Gasteiger partial charge on any atom is 0.244 e. The zero-order valence-electron chi connectivity index (χ0n) is 16.7. The fourth-order valence-corrected chi connectivity index (χ4v) is 4.86. The van der Waals surface area contributed by atoms with E-state index in [-0.39, 0.29) is 54.4 Å². The molecule has 1 aromatic heterocycles. The fraction of sp³-hybridized carbons (Fsp3) is 0.579. The molecule has 2 fully saturated rings. The minimum absolute atomic E-state index is 0.0208. The molecule has 0 saturated carbocycles. The van der Waals surface area contributed by atoms with Crippen molar-refractivity contribution in [3.63, 3.8) is 0 Å². The van der Waals surface area contributed by atoms with Gasteiger partial charge >= 0.3 is 0 Å². The van der Waals surface area contributed by atoms with Gasteiger partial charge in [-0.1, -0.05) is 0 Å². The average molecular weight is 443 g/mol. The van der Waals surface area contributed by atoms with E-state index in [2.05, 4.69) is 4.98 Å². The number of piperidine rings is 1. The summed E-state index contributed by atoms with van der Waals surface area (Å²) in [6.07, 6.45) is 2.58. The second kappa shape index (κ2) is 10.3. The molecule has 2 saturated heterocycles. The normalized spacial score (nSPS) is 19.7. The molecule has 2 aliphatic rings. The van der Waals surface area contributed by atoms with Crippen LogP contribution < -0.4 is 10.5 Å². The first-order chi connectivity index (χ1) is 14.5. The second-order valence-corrected chi connectivity index (χ2v) is 9.15. The van der Waals surface area contributed by atoms with Crippen molar-refractivity contribution in [2.75, 3.05) is 52.5 Å². The number of ether oxygens (including phenoxy) is 2. The van der Waals surface area contributed by atoms with Crippen LogP contribution in [0.2, 0.25) is 0 Å². The fourth-order valence-electron chi connectivity index (χ4n) is 3.44. The van der Waals surface area contributed by atoms with Crippen LogP contribution in [-0.2, 0) is 19.6 Å². The lowest BCUT2D eigenvalue weighted by molar-refractivity contribution is -0.140. The Morgan fingerprint density at radius 2 is 1.97 bits per heavy atom.